The highest BCUT2D eigenvalue weighted by molar-refractivity contribution is 6.18. The molecule has 4 aromatic rings. The number of fused-ring (bicyclic) bond motifs is 5. The van der Waals surface area contributed by atoms with E-state index in [4.69, 9.17) is 0 Å². The van der Waals surface area contributed by atoms with E-state index in [9.17, 15) is 9.90 Å². The van der Waals surface area contributed by atoms with E-state index < -0.39 is 0 Å². The van der Waals surface area contributed by atoms with Gasteiger partial charge in [0.1, 0.15) is 0 Å². The Morgan fingerprint density at radius 2 is 1.75 bits per heavy atom. The maximum absolute atomic E-state index is 11.8. The van der Waals surface area contributed by atoms with Crippen LogP contribution >= 0.6 is 0 Å². The van der Waals surface area contributed by atoms with Crippen molar-refractivity contribution in [2.24, 2.45) is 0 Å². The molecule has 3 heteroatoms. The van der Waals surface area contributed by atoms with E-state index in [1.54, 1.807) is 0 Å². The van der Waals surface area contributed by atoms with Crippen molar-refractivity contribution < 1.29 is 5.11 Å². The summed E-state index contributed by atoms with van der Waals surface area (Å²) < 4.78 is 0. The molecule has 0 atom stereocenters. The van der Waals surface area contributed by atoms with Crippen LogP contribution < -0.4 is 5.43 Å². The van der Waals surface area contributed by atoms with Gasteiger partial charge in [-0.2, -0.15) is 0 Å². The van der Waals surface area contributed by atoms with Gasteiger partial charge in [-0.15, -0.1) is 0 Å². The number of H-pyrrole nitrogens is 1. The second kappa shape index (κ2) is 3.84. The predicted molar refractivity (Wildman–Crippen MR) is 81.2 cm³/mol. The van der Waals surface area contributed by atoms with E-state index in [1.807, 2.05) is 42.6 Å². The molecule has 0 aliphatic heterocycles. The van der Waals surface area contributed by atoms with E-state index in [0.29, 0.717) is 0 Å². The van der Waals surface area contributed by atoms with Gasteiger partial charge in [-0.05, 0) is 39.7 Å². The molecule has 0 amide bonds. The minimum atomic E-state index is -0.349. The van der Waals surface area contributed by atoms with Crippen LogP contribution in [0.3, 0.4) is 0 Å². The summed E-state index contributed by atoms with van der Waals surface area (Å²) >= 11 is 0. The molecule has 0 fully saturated rings. The number of aromatic hydroxyl groups is 1. The fourth-order valence-corrected chi connectivity index (χ4v) is 2.76. The number of benzene rings is 3. The summed E-state index contributed by atoms with van der Waals surface area (Å²) in [6.45, 7) is 0. The van der Waals surface area contributed by atoms with Crippen LogP contribution in [0.5, 0.6) is 5.75 Å². The summed E-state index contributed by atoms with van der Waals surface area (Å²) in [5.74, 6) is -0.207. The molecule has 4 rings (SSSR count). The Bertz CT molecular complexity index is 1030. The Kier molecular flexibility index (Phi) is 2.12. The Morgan fingerprint density at radius 3 is 2.65 bits per heavy atom. The van der Waals surface area contributed by atoms with Crippen molar-refractivity contribution in [2.45, 2.75) is 0 Å². The van der Waals surface area contributed by atoms with Crippen LogP contribution in [0, 0.1) is 0 Å². The number of hydrogen-bond donors (Lipinski definition) is 2. The molecule has 2 N–H and O–H groups in total. The number of rotatable bonds is 0. The lowest BCUT2D eigenvalue weighted by molar-refractivity contribution is 0.471. The molecule has 1 heterocycles. The van der Waals surface area contributed by atoms with Gasteiger partial charge in [0.2, 0.25) is 5.43 Å². The van der Waals surface area contributed by atoms with E-state index >= 15 is 0 Å². The third kappa shape index (κ3) is 1.43. The zero-order valence-electron chi connectivity index (χ0n) is 10.6. The molecule has 0 saturated heterocycles. The van der Waals surface area contributed by atoms with Crippen LogP contribution in [0.25, 0.3) is 32.4 Å². The van der Waals surface area contributed by atoms with E-state index in [0.717, 1.165) is 32.4 Å². The van der Waals surface area contributed by atoms with Crippen molar-refractivity contribution in [3.05, 3.63) is 65.0 Å². The molecule has 1 aromatic heterocycles. The molecular formula is C17H11NO2. The van der Waals surface area contributed by atoms with Crippen LogP contribution in [-0.4, -0.2) is 10.1 Å². The number of phenolic OH excluding ortho intramolecular Hbond substituents is 1. The number of hydrogen-bond acceptors (Lipinski definition) is 2. The highest BCUT2D eigenvalue weighted by Gasteiger charge is 2.07. The van der Waals surface area contributed by atoms with Gasteiger partial charge in [0.25, 0.3) is 0 Å². The Morgan fingerprint density at radius 1 is 0.900 bits per heavy atom. The average molecular weight is 261 g/mol. The third-order valence-corrected chi connectivity index (χ3v) is 3.71. The van der Waals surface area contributed by atoms with Crippen molar-refractivity contribution >= 4 is 32.4 Å². The molecule has 0 spiro atoms. The SMILES string of the molecule is O=c1cc2c(ccc3[nH]cc4ccccc4c32)cc1O. The van der Waals surface area contributed by atoms with E-state index in [1.165, 1.54) is 12.1 Å². The average Bonchev–Trinajstić information content (AvgIpc) is 2.48. The summed E-state index contributed by atoms with van der Waals surface area (Å²) in [4.78, 5) is 15.0. The molecule has 0 bridgehead atoms. The Hall–Kier alpha value is -2.81. The van der Waals surface area contributed by atoms with Gasteiger partial charge in [-0.1, -0.05) is 30.3 Å². The lowest BCUT2D eigenvalue weighted by Crippen LogP contribution is -1.97. The molecule has 3 aromatic carbocycles. The summed E-state index contributed by atoms with van der Waals surface area (Å²) in [6, 6.07) is 14.9. The summed E-state index contributed by atoms with van der Waals surface area (Å²) in [7, 11) is 0. The van der Waals surface area contributed by atoms with Crippen molar-refractivity contribution in [1.82, 2.24) is 4.98 Å². The smallest absolute Gasteiger partial charge is 0.220 e. The van der Waals surface area contributed by atoms with Crippen LogP contribution in [0.4, 0.5) is 0 Å². The van der Waals surface area contributed by atoms with Gasteiger partial charge >= 0.3 is 0 Å². The highest BCUT2D eigenvalue weighted by Crippen LogP contribution is 2.30. The number of nitrogens with one attached hydrogen (secondary N) is 1. The van der Waals surface area contributed by atoms with Crippen LogP contribution in [-0.2, 0) is 0 Å². The first-order chi connectivity index (χ1) is 9.74. The molecule has 0 aliphatic rings. The molecule has 96 valence electrons. The number of pyridine rings is 1. The largest absolute Gasteiger partial charge is 0.504 e. The monoisotopic (exact) mass is 261 g/mol. The number of phenols is 1. The zero-order valence-corrected chi connectivity index (χ0v) is 10.6. The molecule has 0 unspecified atom stereocenters. The first kappa shape index (κ1) is 11.1. The minimum absolute atomic E-state index is 0.207. The van der Waals surface area contributed by atoms with Gasteiger partial charge in [0.15, 0.2) is 5.75 Å². The number of aromatic nitrogens is 1. The van der Waals surface area contributed by atoms with Crippen molar-refractivity contribution in [3.63, 3.8) is 0 Å². The van der Waals surface area contributed by atoms with Gasteiger partial charge < -0.3 is 10.1 Å². The van der Waals surface area contributed by atoms with E-state index in [2.05, 4.69) is 4.98 Å². The van der Waals surface area contributed by atoms with E-state index in [-0.39, 0.29) is 11.2 Å². The van der Waals surface area contributed by atoms with Crippen molar-refractivity contribution in [3.8, 4) is 5.75 Å². The van der Waals surface area contributed by atoms with Crippen LogP contribution in [0.1, 0.15) is 0 Å². The molecule has 20 heavy (non-hydrogen) atoms. The molecule has 3 nitrogen and oxygen atoms in total. The van der Waals surface area contributed by atoms with Gasteiger partial charge in [-0.3, -0.25) is 4.79 Å². The summed E-state index contributed by atoms with van der Waals surface area (Å²) in [5, 5.41) is 14.5. The van der Waals surface area contributed by atoms with Gasteiger partial charge in [-0.25, -0.2) is 0 Å². The molecular weight excluding hydrogens is 250 g/mol. The normalized spacial score (nSPS) is 11.4. The fourth-order valence-electron chi connectivity index (χ4n) is 2.76. The fraction of sp³-hybridized carbons (Fsp3) is 0. The molecule has 0 saturated carbocycles. The lowest BCUT2D eigenvalue weighted by atomic mass is 10.00. The Labute approximate surface area is 114 Å². The van der Waals surface area contributed by atoms with Gasteiger partial charge in [0.05, 0.1) is 0 Å². The Balaban J connectivity index is 2.36. The third-order valence-electron chi connectivity index (χ3n) is 3.71. The second-order valence-electron chi connectivity index (χ2n) is 4.91. The first-order valence-electron chi connectivity index (χ1n) is 6.40. The quantitative estimate of drug-likeness (QED) is 0.476. The lowest BCUT2D eigenvalue weighted by Gasteiger charge is -2.08. The van der Waals surface area contributed by atoms with Crippen molar-refractivity contribution in [2.75, 3.05) is 0 Å². The minimum Gasteiger partial charge on any atom is -0.504 e. The number of aromatic amines is 1. The maximum atomic E-state index is 11.8. The van der Waals surface area contributed by atoms with Crippen LogP contribution in [0.2, 0.25) is 0 Å². The molecule has 0 aliphatic carbocycles. The maximum Gasteiger partial charge on any atom is 0.220 e. The van der Waals surface area contributed by atoms with Crippen LogP contribution in [0.15, 0.2) is 59.5 Å². The second-order valence-corrected chi connectivity index (χ2v) is 4.91. The highest BCUT2D eigenvalue weighted by atomic mass is 16.3. The van der Waals surface area contributed by atoms with Crippen molar-refractivity contribution in [1.29, 1.82) is 0 Å². The molecule has 0 radical (unpaired) electrons. The standard InChI is InChI=1S/C17H11NO2/c19-15-7-10-5-6-14-17(13(10)8-16(15)20)12-4-2-1-3-11(12)9-18-14/h1-9,18-19H. The zero-order chi connectivity index (χ0) is 13.7. The predicted octanol–water partition coefficient (Wildman–Crippen LogP) is 3.54. The summed E-state index contributed by atoms with van der Waals surface area (Å²) in [6.07, 6.45) is 1.96. The summed E-state index contributed by atoms with van der Waals surface area (Å²) in [5.41, 5.74) is 0.624. The topological polar surface area (TPSA) is 53.1 Å². The first-order valence-corrected chi connectivity index (χ1v) is 6.40. The van der Waals surface area contributed by atoms with Gasteiger partial charge in [0, 0.05) is 17.1 Å².